The highest BCUT2D eigenvalue weighted by molar-refractivity contribution is 7.99. The molecule has 2 heterocycles. The molecule has 4 rings (SSSR count). The fourth-order valence-electron chi connectivity index (χ4n) is 3.13. The van der Waals surface area contributed by atoms with E-state index in [1.807, 2.05) is 36.5 Å². The summed E-state index contributed by atoms with van der Waals surface area (Å²) in [6, 6.07) is 18.4. The number of aromatic nitrogens is 3. The summed E-state index contributed by atoms with van der Waals surface area (Å²) < 4.78 is 11.0. The lowest BCUT2D eigenvalue weighted by molar-refractivity contribution is 0.398. The van der Waals surface area contributed by atoms with Crippen LogP contribution in [0.15, 0.2) is 70.8 Å². The summed E-state index contributed by atoms with van der Waals surface area (Å²) >= 11 is 3.41. The fourth-order valence-corrected chi connectivity index (χ4v) is 5.00. The summed E-state index contributed by atoms with van der Waals surface area (Å²) in [4.78, 5) is 13.7. The Morgan fingerprint density at radius 1 is 0.967 bits per heavy atom. The van der Waals surface area contributed by atoms with E-state index in [2.05, 4.69) is 39.2 Å². The van der Waals surface area contributed by atoms with Crippen LogP contribution >= 0.6 is 23.5 Å². The van der Waals surface area contributed by atoms with Gasteiger partial charge in [0.05, 0.1) is 35.8 Å². The zero-order chi connectivity index (χ0) is 20.8. The molecule has 0 amide bonds. The minimum Gasteiger partial charge on any atom is -0.497 e. The number of thioether (sulfide) groups is 2. The molecule has 0 aliphatic rings. The van der Waals surface area contributed by atoms with Crippen LogP contribution in [0.3, 0.4) is 0 Å². The summed E-state index contributed by atoms with van der Waals surface area (Å²) in [6.45, 7) is 0. The van der Waals surface area contributed by atoms with Gasteiger partial charge in [0.2, 0.25) is 0 Å². The van der Waals surface area contributed by atoms with Crippen LogP contribution in [0.2, 0.25) is 0 Å². The van der Waals surface area contributed by atoms with E-state index >= 15 is 0 Å². The molecule has 2 aromatic carbocycles. The van der Waals surface area contributed by atoms with Crippen molar-refractivity contribution in [1.29, 1.82) is 0 Å². The zero-order valence-electron chi connectivity index (χ0n) is 16.9. The molecule has 0 radical (unpaired) electrons. The molecule has 0 unspecified atom stereocenters. The highest BCUT2D eigenvalue weighted by Crippen LogP contribution is 2.35. The maximum absolute atomic E-state index is 5.71. The van der Waals surface area contributed by atoms with Gasteiger partial charge in [0.15, 0.2) is 10.9 Å². The van der Waals surface area contributed by atoms with Crippen molar-refractivity contribution in [3.05, 3.63) is 72.1 Å². The lowest BCUT2D eigenvalue weighted by Gasteiger charge is -2.12. The average molecular weight is 438 g/mol. The van der Waals surface area contributed by atoms with Crippen molar-refractivity contribution < 1.29 is 9.47 Å². The first-order valence-electron chi connectivity index (χ1n) is 9.62. The molecule has 154 valence electrons. The van der Waals surface area contributed by atoms with Crippen molar-refractivity contribution in [3.63, 3.8) is 0 Å². The van der Waals surface area contributed by atoms with Crippen molar-refractivity contribution in [2.24, 2.45) is 0 Å². The fraction of sp³-hybridized carbons (Fsp3) is 0.217. The van der Waals surface area contributed by atoms with Gasteiger partial charge in [-0.05, 0) is 30.2 Å². The first-order valence-corrected chi connectivity index (χ1v) is 11.6. The Morgan fingerprint density at radius 2 is 1.83 bits per heavy atom. The number of nitrogens with one attached hydrogen (secondary N) is 1. The molecule has 2 aromatic heterocycles. The first kappa shape index (κ1) is 20.6. The molecule has 0 saturated carbocycles. The summed E-state index contributed by atoms with van der Waals surface area (Å²) in [7, 11) is 3.37. The van der Waals surface area contributed by atoms with E-state index in [-0.39, 0.29) is 0 Å². The molecule has 1 N–H and O–H groups in total. The summed E-state index contributed by atoms with van der Waals surface area (Å²) in [5.41, 5.74) is 4.14. The van der Waals surface area contributed by atoms with Gasteiger partial charge < -0.3 is 14.5 Å². The van der Waals surface area contributed by atoms with Crippen molar-refractivity contribution >= 4 is 34.6 Å². The predicted octanol–water partition coefficient (Wildman–Crippen LogP) is 5.60. The SMILES string of the molecule is COc1ccc2nc(SCc3nccc(SCCc4ccccc4)c3OC)[nH]c2c1. The number of imidazole rings is 1. The lowest BCUT2D eigenvalue weighted by Crippen LogP contribution is -1.97. The van der Waals surface area contributed by atoms with Crippen LogP contribution in [-0.2, 0) is 12.2 Å². The average Bonchev–Trinajstić information content (AvgIpc) is 3.20. The third-order valence-electron chi connectivity index (χ3n) is 4.65. The third-order valence-corrected chi connectivity index (χ3v) is 6.58. The lowest BCUT2D eigenvalue weighted by atomic mass is 10.2. The molecular formula is C23H23N3O2S2. The quantitative estimate of drug-likeness (QED) is 0.344. The maximum atomic E-state index is 5.71. The number of aromatic amines is 1. The number of benzene rings is 2. The monoisotopic (exact) mass is 437 g/mol. The van der Waals surface area contributed by atoms with E-state index in [1.165, 1.54) is 5.56 Å². The van der Waals surface area contributed by atoms with Gasteiger partial charge in [0.25, 0.3) is 0 Å². The zero-order valence-corrected chi connectivity index (χ0v) is 18.6. The Kier molecular flexibility index (Phi) is 6.81. The van der Waals surface area contributed by atoms with Crippen molar-refractivity contribution in [2.45, 2.75) is 22.2 Å². The number of fused-ring (bicyclic) bond motifs is 1. The second kappa shape index (κ2) is 9.91. The molecule has 0 spiro atoms. The maximum Gasteiger partial charge on any atom is 0.166 e. The van der Waals surface area contributed by atoms with Gasteiger partial charge in [-0.15, -0.1) is 11.8 Å². The number of hydrogen-bond donors (Lipinski definition) is 1. The van der Waals surface area contributed by atoms with E-state index in [1.54, 1.807) is 37.7 Å². The normalized spacial score (nSPS) is 11.0. The summed E-state index contributed by atoms with van der Waals surface area (Å²) in [5, 5.41) is 0.851. The van der Waals surface area contributed by atoms with Crippen LogP contribution < -0.4 is 9.47 Å². The van der Waals surface area contributed by atoms with Crippen LogP contribution in [0.1, 0.15) is 11.3 Å². The number of ether oxygens (including phenoxy) is 2. The number of nitrogens with zero attached hydrogens (tertiary/aromatic N) is 2. The van der Waals surface area contributed by atoms with Gasteiger partial charge in [-0.25, -0.2) is 4.98 Å². The minimum atomic E-state index is 0.674. The van der Waals surface area contributed by atoms with Gasteiger partial charge in [-0.1, -0.05) is 42.1 Å². The van der Waals surface area contributed by atoms with Gasteiger partial charge in [0, 0.05) is 23.8 Å². The molecule has 5 nitrogen and oxygen atoms in total. The number of pyridine rings is 1. The predicted molar refractivity (Wildman–Crippen MR) is 124 cm³/mol. The van der Waals surface area contributed by atoms with Crippen molar-refractivity contribution in [3.8, 4) is 11.5 Å². The van der Waals surface area contributed by atoms with E-state index in [0.717, 1.165) is 50.5 Å². The number of H-pyrrole nitrogens is 1. The number of hydrogen-bond acceptors (Lipinski definition) is 6. The number of aryl methyl sites for hydroxylation is 1. The molecular weight excluding hydrogens is 414 g/mol. The Bertz CT molecular complexity index is 1120. The van der Waals surface area contributed by atoms with Crippen molar-refractivity contribution in [2.75, 3.05) is 20.0 Å². The van der Waals surface area contributed by atoms with Crippen LogP contribution in [0.4, 0.5) is 0 Å². The molecule has 0 aliphatic heterocycles. The highest BCUT2D eigenvalue weighted by atomic mass is 32.2. The van der Waals surface area contributed by atoms with Gasteiger partial charge in [-0.3, -0.25) is 4.98 Å². The van der Waals surface area contributed by atoms with Gasteiger partial charge in [-0.2, -0.15) is 0 Å². The Labute approximate surface area is 184 Å². The van der Waals surface area contributed by atoms with Crippen LogP contribution in [0.25, 0.3) is 11.0 Å². The molecule has 0 saturated heterocycles. The molecule has 30 heavy (non-hydrogen) atoms. The number of rotatable bonds is 9. The molecule has 4 aromatic rings. The van der Waals surface area contributed by atoms with Crippen LogP contribution in [0, 0.1) is 0 Å². The molecule has 0 fully saturated rings. The second-order valence-corrected chi connectivity index (χ2v) is 8.69. The Morgan fingerprint density at radius 3 is 2.63 bits per heavy atom. The largest absolute Gasteiger partial charge is 0.497 e. The smallest absolute Gasteiger partial charge is 0.166 e. The highest BCUT2D eigenvalue weighted by Gasteiger charge is 2.13. The molecule has 0 aliphatic carbocycles. The van der Waals surface area contributed by atoms with Gasteiger partial charge in [0.1, 0.15) is 5.75 Å². The van der Waals surface area contributed by atoms with Crippen LogP contribution in [-0.4, -0.2) is 34.9 Å². The van der Waals surface area contributed by atoms with Crippen LogP contribution in [0.5, 0.6) is 11.5 Å². The molecule has 0 atom stereocenters. The summed E-state index contributed by atoms with van der Waals surface area (Å²) in [5.74, 6) is 3.32. The molecule has 0 bridgehead atoms. The minimum absolute atomic E-state index is 0.674. The topological polar surface area (TPSA) is 60.0 Å². The Hall–Kier alpha value is -2.64. The standard InChI is InChI=1S/C23H23N3O2S2/c1-27-17-8-9-18-19(14-17)26-23(25-18)30-15-20-22(28-2)21(10-12-24-20)29-13-11-16-6-4-3-5-7-16/h3-10,12,14H,11,13,15H2,1-2H3,(H,25,26). The van der Waals surface area contributed by atoms with E-state index in [4.69, 9.17) is 9.47 Å². The number of methoxy groups -OCH3 is 2. The first-order chi connectivity index (χ1) is 14.8. The second-order valence-electron chi connectivity index (χ2n) is 6.59. The van der Waals surface area contributed by atoms with Gasteiger partial charge >= 0.3 is 0 Å². The summed E-state index contributed by atoms with van der Waals surface area (Å²) in [6.07, 6.45) is 2.87. The molecule has 7 heteroatoms. The third kappa shape index (κ3) is 4.91. The van der Waals surface area contributed by atoms with Crippen molar-refractivity contribution in [1.82, 2.24) is 15.0 Å². The Balaban J connectivity index is 1.43. The van der Waals surface area contributed by atoms with E-state index < -0.39 is 0 Å². The van der Waals surface area contributed by atoms with E-state index in [9.17, 15) is 0 Å². The van der Waals surface area contributed by atoms with E-state index in [0.29, 0.717) is 5.75 Å².